The average Bonchev–Trinajstić information content (AvgIpc) is 3.20. The quantitative estimate of drug-likeness (QED) is 0.907. The maximum Gasteiger partial charge on any atom is 0.223 e. The van der Waals surface area contributed by atoms with Crippen molar-refractivity contribution < 1.29 is 4.79 Å². The van der Waals surface area contributed by atoms with Gasteiger partial charge in [0.1, 0.15) is 0 Å². The highest BCUT2D eigenvalue weighted by Crippen LogP contribution is 2.41. The Balaban J connectivity index is 1.22. The predicted molar refractivity (Wildman–Crippen MR) is 87.9 cm³/mol. The van der Waals surface area contributed by atoms with Gasteiger partial charge in [0, 0.05) is 42.9 Å². The third-order valence-electron chi connectivity index (χ3n) is 5.29. The van der Waals surface area contributed by atoms with Crippen molar-refractivity contribution in [3.05, 3.63) is 16.1 Å². The number of piperidine rings is 1. The van der Waals surface area contributed by atoms with E-state index in [-0.39, 0.29) is 0 Å². The van der Waals surface area contributed by atoms with E-state index >= 15 is 0 Å². The zero-order valence-corrected chi connectivity index (χ0v) is 13.9. The lowest BCUT2D eigenvalue weighted by molar-refractivity contribution is -0.128. The summed E-state index contributed by atoms with van der Waals surface area (Å²) in [4.78, 5) is 19.3. The first-order valence-electron chi connectivity index (χ1n) is 8.75. The minimum Gasteiger partial charge on any atom is -0.353 e. The van der Waals surface area contributed by atoms with Crippen LogP contribution in [0.25, 0.3) is 0 Å². The van der Waals surface area contributed by atoms with Crippen LogP contribution in [0.4, 0.5) is 0 Å². The molecular formula is C17H25N3OS. The Morgan fingerprint density at radius 1 is 1.23 bits per heavy atom. The zero-order valence-electron chi connectivity index (χ0n) is 13.1. The van der Waals surface area contributed by atoms with Gasteiger partial charge in [-0.1, -0.05) is 6.42 Å². The Morgan fingerprint density at radius 2 is 2.00 bits per heavy atom. The number of hydrogen-bond donors (Lipinski definition) is 1. The molecule has 1 aromatic rings. The SMILES string of the molecule is O=C(NC1CCN(Cc2csc(C3CC3)n2)CC1)C1CCC1. The van der Waals surface area contributed by atoms with Crippen molar-refractivity contribution in [2.75, 3.05) is 13.1 Å². The van der Waals surface area contributed by atoms with Crippen molar-refractivity contribution >= 4 is 17.2 Å². The van der Waals surface area contributed by atoms with E-state index in [0.717, 1.165) is 51.2 Å². The Kier molecular flexibility index (Phi) is 4.18. The van der Waals surface area contributed by atoms with Crippen LogP contribution in [0.2, 0.25) is 0 Å². The van der Waals surface area contributed by atoms with Gasteiger partial charge in [0.15, 0.2) is 0 Å². The molecule has 2 saturated carbocycles. The molecule has 0 radical (unpaired) electrons. The van der Waals surface area contributed by atoms with Gasteiger partial charge in [0.2, 0.25) is 5.91 Å². The van der Waals surface area contributed by atoms with Crippen LogP contribution in [-0.2, 0) is 11.3 Å². The van der Waals surface area contributed by atoms with Gasteiger partial charge in [-0.3, -0.25) is 9.69 Å². The van der Waals surface area contributed by atoms with Gasteiger partial charge in [-0.05, 0) is 38.5 Å². The molecule has 1 saturated heterocycles. The fourth-order valence-corrected chi connectivity index (χ4v) is 4.35. The molecule has 2 aliphatic carbocycles. The van der Waals surface area contributed by atoms with Gasteiger partial charge >= 0.3 is 0 Å². The van der Waals surface area contributed by atoms with E-state index in [1.165, 1.54) is 30.0 Å². The number of nitrogens with one attached hydrogen (secondary N) is 1. The maximum absolute atomic E-state index is 12.0. The van der Waals surface area contributed by atoms with Crippen LogP contribution < -0.4 is 5.32 Å². The lowest BCUT2D eigenvalue weighted by Gasteiger charge is -2.33. The van der Waals surface area contributed by atoms with E-state index in [9.17, 15) is 4.79 Å². The highest BCUT2D eigenvalue weighted by molar-refractivity contribution is 7.09. The van der Waals surface area contributed by atoms with Crippen LogP contribution in [0.5, 0.6) is 0 Å². The lowest BCUT2D eigenvalue weighted by atomic mass is 9.84. The number of amides is 1. The summed E-state index contributed by atoms with van der Waals surface area (Å²) < 4.78 is 0. The van der Waals surface area contributed by atoms with Crippen molar-refractivity contribution in [2.45, 2.75) is 63.5 Å². The minimum atomic E-state index is 0.304. The largest absolute Gasteiger partial charge is 0.353 e. The van der Waals surface area contributed by atoms with Crippen LogP contribution >= 0.6 is 11.3 Å². The molecule has 4 rings (SSSR count). The van der Waals surface area contributed by atoms with E-state index in [0.29, 0.717) is 17.9 Å². The molecule has 0 bridgehead atoms. The van der Waals surface area contributed by atoms with Gasteiger partial charge in [-0.15, -0.1) is 11.3 Å². The van der Waals surface area contributed by atoms with E-state index < -0.39 is 0 Å². The van der Waals surface area contributed by atoms with Gasteiger partial charge < -0.3 is 5.32 Å². The molecule has 0 atom stereocenters. The normalized spacial score (nSPS) is 24.2. The molecular weight excluding hydrogens is 294 g/mol. The highest BCUT2D eigenvalue weighted by Gasteiger charge is 2.29. The van der Waals surface area contributed by atoms with Gasteiger partial charge in [-0.2, -0.15) is 0 Å². The molecule has 0 spiro atoms. The van der Waals surface area contributed by atoms with Gasteiger partial charge in [-0.25, -0.2) is 4.98 Å². The first-order valence-corrected chi connectivity index (χ1v) is 9.63. The molecule has 1 N–H and O–H groups in total. The highest BCUT2D eigenvalue weighted by atomic mass is 32.1. The van der Waals surface area contributed by atoms with Crippen molar-refractivity contribution in [1.82, 2.24) is 15.2 Å². The second kappa shape index (κ2) is 6.28. The van der Waals surface area contributed by atoms with Crippen LogP contribution in [-0.4, -0.2) is 34.9 Å². The van der Waals surface area contributed by atoms with Crippen molar-refractivity contribution in [3.8, 4) is 0 Å². The Labute approximate surface area is 136 Å². The first kappa shape index (κ1) is 14.6. The number of thiazole rings is 1. The molecule has 0 unspecified atom stereocenters. The summed E-state index contributed by atoms with van der Waals surface area (Å²) in [5.74, 6) is 1.39. The Bertz CT molecular complexity index is 528. The van der Waals surface area contributed by atoms with Gasteiger partial charge in [0.25, 0.3) is 0 Å². The summed E-state index contributed by atoms with van der Waals surface area (Å²) in [7, 11) is 0. The molecule has 4 nitrogen and oxygen atoms in total. The van der Waals surface area contributed by atoms with Crippen LogP contribution in [0.3, 0.4) is 0 Å². The van der Waals surface area contributed by atoms with E-state index in [2.05, 4.69) is 15.6 Å². The first-order chi connectivity index (χ1) is 10.8. The minimum absolute atomic E-state index is 0.304. The molecule has 22 heavy (non-hydrogen) atoms. The molecule has 5 heteroatoms. The smallest absolute Gasteiger partial charge is 0.223 e. The summed E-state index contributed by atoms with van der Waals surface area (Å²) >= 11 is 1.84. The average molecular weight is 319 g/mol. The Morgan fingerprint density at radius 3 is 2.64 bits per heavy atom. The molecule has 1 aliphatic heterocycles. The third-order valence-corrected chi connectivity index (χ3v) is 6.35. The summed E-state index contributed by atoms with van der Waals surface area (Å²) in [5.41, 5.74) is 1.24. The fourth-order valence-electron chi connectivity index (χ4n) is 3.37. The molecule has 3 fully saturated rings. The van der Waals surface area contributed by atoms with Crippen LogP contribution in [0.15, 0.2) is 5.38 Å². The monoisotopic (exact) mass is 319 g/mol. The molecule has 2 heterocycles. The predicted octanol–water partition coefficient (Wildman–Crippen LogP) is 2.90. The number of nitrogens with zero attached hydrogens (tertiary/aromatic N) is 2. The fraction of sp³-hybridized carbons (Fsp3) is 0.765. The molecule has 3 aliphatic rings. The second-order valence-corrected chi connectivity index (χ2v) is 8.03. The van der Waals surface area contributed by atoms with E-state index in [4.69, 9.17) is 4.98 Å². The summed E-state index contributed by atoms with van der Waals surface area (Å²) in [6.45, 7) is 3.13. The molecule has 1 amide bonds. The zero-order chi connectivity index (χ0) is 14.9. The lowest BCUT2D eigenvalue weighted by Crippen LogP contribution is -2.47. The van der Waals surface area contributed by atoms with Crippen LogP contribution in [0.1, 0.15) is 61.6 Å². The number of hydrogen-bond acceptors (Lipinski definition) is 4. The molecule has 120 valence electrons. The standard InChI is InChI=1S/C17H25N3OS/c21-16(12-2-1-3-12)18-14-6-8-20(9-7-14)10-15-11-22-17(19-15)13-4-5-13/h11-14H,1-10H2,(H,18,21). The van der Waals surface area contributed by atoms with Crippen molar-refractivity contribution in [3.63, 3.8) is 0 Å². The Hall–Kier alpha value is -0.940. The maximum atomic E-state index is 12.0. The summed E-state index contributed by atoms with van der Waals surface area (Å²) in [6, 6.07) is 0.391. The number of carbonyl (C=O) groups excluding carboxylic acids is 1. The third kappa shape index (κ3) is 3.35. The number of rotatable bonds is 5. The molecule has 0 aromatic carbocycles. The van der Waals surface area contributed by atoms with Crippen molar-refractivity contribution in [2.24, 2.45) is 5.92 Å². The summed E-state index contributed by atoms with van der Waals surface area (Å²) in [6.07, 6.45) is 8.25. The number of aromatic nitrogens is 1. The van der Waals surface area contributed by atoms with E-state index in [1.807, 2.05) is 11.3 Å². The number of likely N-dealkylation sites (tertiary alicyclic amines) is 1. The molecule has 1 aromatic heterocycles. The van der Waals surface area contributed by atoms with Crippen molar-refractivity contribution in [1.29, 1.82) is 0 Å². The summed E-state index contributed by atoms with van der Waals surface area (Å²) in [5, 5.41) is 6.83. The number of carbonyl (C=O) groups is 1. The van der Waals surface area contributed by atoms with Crippen LogP contribution in [0, 0.1) is 5.92 Å². The van der Waals surface area contributed by atoms with E-state index in [1.54, 1.807) is 0 Å². The topological polar surface area (TPSA) is 45.2 Å². The second-order valence-electron chi connectivity index (χ2n) is 7.14. The van der Waals surface area contributed by atoms with Gasteiger partial charge in [0.05, 0.1) is 10.7 Å².